The highest BCUT2D eigenvalue weighted by Crippen LogP contribution is 2.39. The van der Waals surface area contributed by atoms with Crippen LogP contribution in [0.5, 0.6) is 5.75 Å². The molecule has 1 aliphatic heterocycles. The number of hydrogen-bond acceptors (Lipinski definition) is 3. The van der Waals surface area contributed by atoms with Gasteiger partial charge in [-0.15, -0.1) is 0 Å². The number of nitrogens with zero attached hydrogens (tertiary/aromatic N) is 1. The van der Waals surface area contributed by atoms with E-state index < -0.39 is 5.97 Å². The lowest BCUT2D eigenvalue weighted by molar-refractivity contribution is -0.142. The molecule has 1 N–H and O–H groups in total. The van der Waals surface area contributed by atoms with Crippen LogP contribution in [0.25, 0.3) is 0 Å². The highest BCUT2D eigenvalue weighted by Gasteiger charge is 2.44. The number of rotatable bonds is 6. The Hall–Kier alpha value is -1.26. The molecule has 0 radical (unpaired) electrons. The van der Waals surface area contributed by atoms with Crippen LogP contribution in [0, 0.1) is 5.92 Å². The molecule has 1 aromatic rings. The average molecular weight is 338 g/mol. The topological polar surface area (TPSA) is 49.8 Å². The third kappa shape index (κ3) is 3.99. The lowest BCUT2D eigenvalue weighted by Gasteiger charge is -2.32. The van der Waals surface area contributed by atoms with Crippen molar-refractivity contribution in [3.8, 4) is 5.75 Å². The Morgan fingerprint density at radius 3 is 2.96 bits per heavy atom. The van der Waals surface area contributed by atoms with Crippen LogP contribution in [0.3, 0.4) is 0 Å². The van der Waals surface area contributed by atoms with E-state index in [-0.39, 0.29) is 6.04 Å². The summed E-state index contributed by atoms with van der Waals surface area (Å²) in [6.07, 6.45) is 6.45. The summed E-state index contributed by atoms with van der Waals surface area (Å²) in [6, 6.07) is 7.52. The zero-order chi connectivity index (χ0) is 16.2. The molecule has 0 bridgehead atoms. The monoisotopic (exact) mass is 337 g/mol. The van der Waals surface area contributed by atoms with Crippen molar-refractivity contribution >= 4 is 17.6 Å². The van der Waals surface area contributed by atoms with Gasteiger partial charge in [-0.3, -0.25) is 9.69 Å². The number of ether oxygens (including phenoxy) is 1. The Balaban J connectivity index is 1.52. The molecule has 4 nitrogen and oxygen atoms in total. The number of likely N-dealkylation sites (tertiary alicyclic amines) is 1. The maximum absolute atomic E-state index is 11.6. The number of carboxylic acid groups (broad SMARTS) is 1. The number of carboxylic acids is 1. The summed E-state index contributed by atoms with van der Waals surface area (Å²) in [4.78, 5) is 13.8. The van der Waals surface area contributed by atoms with Crippen LogP contribution in [0.4, 0.5) is 0 Å². The van der Waals surface area contributed by atoms with Crippen LogP contribution in [-0.2, 0) is 4.79 Å². The smallest absolute Gasteiger partial charge is 0.320 e. The molecule has 0 amide bonds. The number of fused-ring (bicyclic) bond motifs is 1. The lowest BCUT2D eigenvalue weighted by Crippen LogP contribution is -2.43. The van der Waals surface area contributed by atoms with E-state index in [0.29, 0.717) is 23.6 Å². The molecule has 2 aliphatic rings. The van der Waals surface area contributed by atoms with Crippen molar-refractivity contribution in [1.82, 2.24) is 4.90 Å². The molecule has 3 unspecified atom stereocenters. The van der Waals surface area contributed by atoms with Crippen molar-refractivity contribution in [3.63, 3.8) is 0 Å². The molecule has 3 atom stereocenters. The van der Waals surface area contributed by atoms with Gasteiger partial charge in [0, 0.05) is 17.6 Å². The average Bonchev–Trinajstić information content (AvgIpc) is 2.91. The lowest BCUT2D eigenvalue weighted by atomic mass is 9.85. The molecule has 3 rings (SSSR count). The first-order chi connectivity index (χ1) is 11.1. The van der Waals surface area contributed by atoms with Gasteiger partial charge in [0.15, 0.2) is 0 Å². The summed E-state index contributed by atoms with van der Waals surface area (Å²) < 4.78 is 5.72. The minimum Gasteiger partial charge on any atom is -0.493 e. The minimum absolute atomic E-state index is 0.311. The fourth-order valence-electron chi connectivity index (χ4n) is 4.11. The first kappa shape index (κ1) is 16.6. The molecule has 5 heteroatoms. The highest BCUT2D eigenvalue weighted by molar-refractivity contribution is 6.30. The largest absolute Gasteiger partial charge is 0.493 e. The third-order valence-electron chi connectivity index (χ3n) is 5.13. The van der Waals surface area contributed by atoms with Crippen molar-refractivity contribution in [2.24, 2.45) is 5.92 Å². The molecule has 2 fully saturated rings. The van der Waals surface area contributed by atoms with E-state index in [0.717, 1.165) is 31.6 Å². The Labute approximate surface area is 142 Å². The summed E-state index contributed by atoms with van der Waals surface area (Å²) in [6.45, 7) is 1.37. The number of hydrogen-bond donors (Lipinski definition) is 1. The summed E-state index contributed by atoms with van der Waals surface area (Å²) in [5.74, 6) is 0.665. The van der Waals surface area contributed by atoms with E-state index in [2.05, 4.69) is 4.90 Å². The van der Waals surface area contributed by atoms with E-state index in [1.165, 1.54) is 19.3 Å². The first-order valence-electron chi connectivity index (χ1n) is 8.52. The van der Waals surface area contributed by atoms with Crippen LogP contribution in [0.1, 0.15) is 38.5 Å². The van der Waals surface area contributed by atoms with Gasteiger partial charge in [-0.25, -0.2) is 0 Å². The minimum atomic E-state index is -0.671. The molecule has 1 heterocycles. The summed E-state index contributed by atoms with van der Waals surface area (Å²) in [5.41, 5.74) is 0. The highest BCUT2D eigenvalue weighted by atomic mass is 35.5. The van der Waals surface area contributed by atoms with Crippen molar-refractivity contribution in [1.29, 1.82) is 0 Å². The normalized spacial score (nSPS) is 27.6. The van der Waals surface area contributed by atoms with Crippen LogP contribution in [0.15, 0.2) is 24.3 Å². The summed E-state index contributed by atoms with van der Waals surface area (Å²) in [5, 5.41) is 10.2. The second-order valence-electron chi connectivity index (χ2n) is 6.60. The van der Waals surface area contributed by atoms with Gasteiger partial charge >= 0.3 is 5.97 Å². The number of aliphatic carboxylic acids is 1. The number of halogens is 1. The molecule has 1 saturated carbocycles. The zero-order valence-corrected chi connectivity index (χ0v) is 14.0. The second-order valence-corrected chi connectivity index (χ2v) is 7.04. The Kier molecular flexibility index (Phi) is 5.44. The molecule has 23 heavy (non-hydrogen) atoms. The van der Waals surface area contributed by atoms with Crippen molar-refractivity contribution < 1.29 is 14.6 Å². The molecule has 1 aromatic carbocycles. The summed E-state index contributed by atoms with van der Waals surface area (Å²) >= 11 is 5.94. The van der Waals surface area contributed by atoms with Gasteiger partial charge in [0.1, 0.15) is 11.8 Å². The third-order valence-corrected chi connectivity index (χ3v) is 5.37. The Morgan fingerprint density at radius 2 is 2.17 bits per heavy atom. The van der Waals surface area contributed by atoms with Gasteiger partial charge < -0.3 is 9.84 Å². The van der Waals surface area contributed by atoms with Gasteiger partial charge in [-0.2, -0.15) is 0 Å². The van der Waals surface area contributed by atoms with Crippen LogP contribution >= 0.6 is 11.6 Å². The van der Waals surface area contributed by atoms with E-state index in [1.54, 1.807) is 6.07 Å². The molecule has 126 valence electrons. The van der Waals surface area contributed by atoms with E-state index in [4.69, 9.17) is 16.3 Å². The summed E-state index contributed by atoms with van der Waals surface area (Å²) in [7, 11) is 0. The van der Waals surface area contributed by atoms with E-state index in [1.807, 2.05) is 18.2 Å². The first-order valence-corrected chi connectivity index (χ1v) is 8.90. The predicted octanol–water partition coefficient (Wildman–Crippen LogP) is 3.83. The van der Waals surface area contributed by atoms with Crippen molar-refractivity contribution in [3.05, 3.63) is 29.3 Å². The van der Waals surface area contributed by atoms with Gasteiger partial charge in [0.2, 0.25) is 0 Å². The zero-order valence-electron chi connectivity index (χ0n) is 13.3. The van der Waals surface area contributed by atoms with Gasteiger partial charge in [0.05, 0.1) is 6.61 Å². The van der Waals surface area contributed by atoms with Crippen molar-refractivity contribution in [2.75, 3.05) is 13.2 Å². The van der Waals surface area contributed by atoms with E-state index in [9.17, 15) is 9.90 Å². The van der Waals surface area contributed by atoms with Crippen LogP contribution in [-0.4, -0.2) is 41.2 Å². The van der Waals surface area contributed by atoms with Crippen molar-refractivity contribution in [2.45, 2.75) is 50.6 Å². The van der Waals surface area contributed by atoms with Gasteiger partial charge in [0.25, 0.3) is 0 Å². The maximum atomic E-state index is 11.6. The Bertz CT molecular complexity index is 551. The Morgan fingerprint density at radius 1 is 1.35 bits per heavy atom. The predicted molar refractivity (Wildman–Crippen MR) is 90.1 cm³/mol. The van der Waals surface area contributed by atoms with Gasteiger partial charge in [-0.1, -0.05) is 30.5 Å². The number of carbonyl (C=O) groups is 1. The molecular formula is C18H24ClNO3. The quantitative estimate of drug-likeness (QED) is 0.801. The molecule has 1 saturated heterocycles. The fourth-order valence-corrected chi connectivity index (χ4v) is 4.29. The maximum Gasteiger partial charge on any atom is 0.320 e. The standard InChI is InChI=1S/C18H24ClNO3/c19-14-6-3-7-15(12-14)23-10-4-9-20-16-8-2-1-5-13(16)11-17(20)18(21)22/h3,6-7,12-13,16-17H,1-2,4-5,8-11H2,(H,21,22). The second kappa shape index (κ2) is 7.54. The molecule has 1 aliphatic carbocycles. The van der Waals surface area contributed by atoms with Gasteiger partial charge in [-0.05, 0) is 49.8 Å². The van der Waals surface area contributed by atoms with E-state index >= 15 is 0 Å². The fraction of sp³-hybridized carbons (Fsp3) is 0.611. The molecule has 0 aromatic heterocycles. The van der Waals surface area contributed by atoms with Crippen LogP contribution in [0.2, 0.25) is 5.02 Å². The molecular weight excluding hydrogens is 314 g/mol. The SMILES string of the molecule is O=C(O)C1CC2CCCCC2N1CCCOc1cccc(Cl)c1. The molecule has 0 spiro atoms. The van der Waals surface area contributed by atoms with Crippen LogP contribution < -0.4 is 4.74 Å². The number of benzene rings is 1.